The molecule has 1 N–H and O–H groups in total. The maximum atomic E-state index is 12.3. The van der Waals surface area contributed by atoms with E-state index in [1.165, 1.54) is 56.2 Å². The topological polar surface area (TPSA) is 45.2 Å². The number of fused-ring (bicyclic) bond motifs is 1. The molecule has 0 aliphatic carbocycles. The number of unbranched alkanes of at least 4 members (excludes halogenated alkanes) is 2. The molecule has 31 heavy (non-hydrogen) atoms. The Kier molecular flexibility index (Phi) is 7.74. The van der Waals surface area contributed by atoms with Crippen molar-refractivity contribution in [2.24, 2.45) is 5.92 Å². The molecule has 1 aromatic heterocycles. The first-order chi connectivity index (χ1) is 15.2. The van der Waals surface area contributed by atoms with Gasteiger partial charge in [0.25, 0.3) is 0 Å². The van der Waals surface area contributed by atoms with E-state index in [4.69, 9.17) is 4.98 Å². The predicted octanol–water partition coefficient (Wildman–Crippen LogP) is 5.58. The first-order valence-electron chi connectivity index (χ1n) is 12.2. The first-order valence-corrected chi connectivity index (χ1v) is 12.2. The number of hydrogen-bond donors (Lipinski definition) is 1. The van der Waals surface area contributed by atoms with Gasteiger partial charge in [0.15, 0.2) is 5.78 Å². The molecule has 3 heterocycles. The SMILES string of the molecule is CC(=O)[C@H](c1ccccc1)N1CCC(CCCCCc2ccc3c(n2)NCCC3)CC1. The Labute approximate surface area is 187 Å². The zero-order valence-corrected chi connectivity index (χ0v) is 19.0. The van der Waals surface area contributed by atoms with Crippen molar-refractivity contribution in [3.8, 4) is 0 Å². The summed E-state index contributed by atoms with van der Waals surface area (Å²) in [5, 5.41) is 3.44. The Morgan fingerprint density at radius 1 is 1.10 bits per heavy atom. The summed E-state index contributed by atoms with van der Waals surface area (Å²) in [6.07, 6.45) is 11.0. The van der Waals surface area contributed by atoms with Crippen molar-refractivity contribution in [3.05, 3.63) is 59.3 Å². The number of carbonyl (C=O) groups is 1. The maximum absolute atomic E-state index is 12.3. The average Bonchev–Trinajstić information content (AvgIpc) is 2.80. The summed E-state index contributed by atoms with van der Waals surface area (Å²) in [4.78, 5) is 19.5. The number of hydrogen-bond acceptors (Lipinski definition) is 4. The van der Waals surface area contributed by atoms with Crippen LogP contribution in [-0.2, 0) is 17.6 Å². The molecule has 1 aromatic carbocycles. The van der Waals surface area contributed by atoms with Gasteiger partial charge in [-0.25, -0.2) is 4.98 Å². The van der Waals surface area contributed by atoms with Crippen LogP contribution < -0.4 is 5.32 Å². The number of ketones is 1. The molecular weight excluding hydrogens is 382 g/mol. The summed E-state index contributed by atoms with van der Waals surface area (Å²) >= 11 is 0. The third kappa shape index (κ3) is 5.94. The number of piperidine rings is 1. The summed E-state index contributed by atoms with van der Waals surface area (Å²) in [6, 6.07) is 14.7. The summed E-state index contributed by atoms with van der Waals surface area (Å²) in [6.45, 7) is 4.86. The number of aromatic nitrogens is 1. The zero-order valence-electron chi connectivity index (χ0n) is 19.0. The highest BCUT2D eigenvalue weighted by atomic mass is 16.1. The van der Waals surface area contributed by atoms with E-state index in [1.54, 1.807) is 6.92 Å². The van der Waals surface area contributed by atoms with Gasteiger partial charge < -0.3 is 5.32 Å². The van der Waals surface area contributed by atoms with Crippen LogP contribution in [-0.4, -0.2) is 35.3 Å². The lowest BCUT2D eigenvalue weighted by Gasteiger charge is -2.36. The summed E-state index contributed by atoms with van der Waals surface area (Å²) in [7, 11) is 0. The molecule has 0 saturated carbocycles. The smallest absolute Gasteiger partial charge is 0.151 e. The molecule has 4 heteroatoms. The molecule has 1 saturated heterocycles. The Balaban J connectivity index is 1.16. The van der Waals surface area contributed by atoms with E-state index in [0.717, 1.165) is 49.8 Å². The number of likely N-dealkylation sites (tertiary alicyclic amines) is 1. The van der Waals surface area contributed by atoms with Crippen molar-refractivity contribution in [2.45, 2.75) is 70.8 Å². The molecule has 0 radical (unpaired) electrons. The van der Waals surface area contributed by atoms with Crippen molar-refractivity contribution < 1.29 is 4.79 Å². The van der Waals surface area contributed by atoms with Crippen molar-refractivity contribution >= 4 is 11.6 Å². The molecular formula is C27H37N3O. The summed E-state index contributed by atoms with van der Waals surface area (Å²) in [5.74, 6) is 2.19. The van der Waals surface area contributed by atoms with Crippen LogP contribution in [0.15, 0.2) is 42.5 Å². The number of aryl methyl sites for hydroxylation is 2. The van der Waals surface area contributed by atoms with E-state index >= 15 is 0 Å². The molecule has 0 spiro atoms. The molecule has 0 amide bonds. The minimum atomic E-state index is -0.0687. The highest BCUT2D eigenvalue weighted by Crippen LogP contribution is 2.30. The number of nitrogens with zero attached hydrogens (tertiary/aromatic N) is 2. The second-order valence-corrected chi connectivity index (χ2v) is 9.34. The standard InChI is InChI=1S/C27H37N3O/c1-21(31)26(23-10-5-3-6-11-23)30-19-16-22(17-20-30)9-4-2-7-13-25-15-14-24-12-8-18-28-27(24)29-25/h3,5-6,10-11,14-15,22,26H,2,4,7-9,12-13,16-20H2,1H3,(H,28,29)/t26-/m1/s1. The third-order valence-corrected chi connectivity index (χ3v) is 7.01. The fraction of sp³-hybridized carbons (Fsp3) is 0.556. The van der Waals surface area contributed by atoms with E-state index in [9.17, 15) is 4.79 Å². The normalized spacial score (nSPS) is 18.2. The molecule has 4 nitrogen and oxygen atoms in total. The second-order valence-electron chi connectivity index (χ2n) is 9.34. The Hall–Kier alpha value is -2.20. The number of carbonyl (C=O) groups excluding carboxylic acids is 1. The molecule has 0 bridgehead atoms. The van der Waals surface area contributed by atoms with Gasteiger partial charge in [0, 0.05) is 12.2 Å². The van der Waals surface area contributed by atoms with Gasteiger partial charge in [-0.1, -0.05) is 55.7 Å². The lowest BCUT2D eigenvalue weighted by Crippen LogP contribution is -2.39. The van der Waals surface area contributed by atoms with Gasteiger partial charge in [0.2, 0.25) is 0 Å². The van der Waals surface area contributed by atoms with Crippen LogP contribution in [0.2, 0.25) is 0 Å². The van der Waals surface area contributed by atoms with Crippen LogP contribution in [0.1, 0.15) is 74.7 Å². The van der Waals surface area contributed by atoms with Gasteiger partial charge in [0.05, 0.1) is 6.04 Å². The lowest BCUT2D eigenvalue weighted by molar-refractivity contribution is -0.123. The number of rotatable bonds is 9. The van der Waals surface area contributed by atoms with E-state index in [1.807, 2.05) is 18.2 Å². The highest BCUT2D eigenvalue weighted by molar-refractivity contribution is 5.82. The molecule has 2 aromatic rings. The number of anilines is 1. The number of benzene rings is 1. The Bertz CT molecular complexity index is 843. The summed E-state index contributed by atoms with van der Waals surface area (Å²) in [5.41, 5.74) is 3.75. The van der Waals surface area contributed by atoms with Crippen LogP contribution >= 0.6 is 0 Å². The van der Waals surface area contributed by atoms with Crippen LogP contribution in [0.3, 0.4) is 0 Å². The van der Waals surface area contributed by atoms with Crippen LogP contribution in [0.4, 0.5) is 5.82 Å². The molecule has 1 fully saturated rings. The first kappa shape index (κ1) is 22.0. The van der Waals surface area contributed by atoms with Crippen molar-refractivity contribution in [1.82, 2.24) is 9.88 Å². The number of nitrogens with one attached hydrogen (secondary N) is 1. The van der Waals surface area contributed by atoms with Gasteiger partial charge in [-0.05, 0) is 81.6 Å². The molecule has 0 unspecified atom stereocenters. The van der Waals surface area contributed by atoms with Gasteiger partial charge in [-0.15, -0.1) is 0 Å². The van der Waals surface area contributed by atoms with E-state index < -0.39 is 0 Å². The molecule has 2 aliphatic rings. The zero-order chi connectivity index (χ0) is 21.5. The summed E-state index contributed by atoms with van der Waals surface area (Å²) < 4.78 is 0. The van der Waals surface area contributed by atoms with Crippen LogP contribution in [0.5, 0.6) is 0 Å². The molecule has 2 aliphatic heterocycles. The predicted molar refractivity (Wildman–Crippen MR) is 127 cm³/mol. The quantitative estimate of drug-likeness (QED) is 0.539. The highest BCUT2D eigenvalue weighted by Gasteiger charge is 2.28. The minimum absolute atomic E-state index is 0.0687. The van der Waals surface area contributed by atoms with Crippen molar-refractivity contribution in [1.29, 1.82) is 0 Å². The van der Waals surface area contributed by atoms with E-state index in [2.05, 4.69) is 34.5 Å². The van der Waals surface area contributed by atoms with E-state index in [0.29, 0.717) is 0 Å². The monoisotopic (exact) mass is 419 g/mol. The fourth-order valence-corrected chi connectivity index (χ4v) is 5.26. The van der Waals surface area contributed by atoms with Gasteiger partial charge in [0.1, 0.15) is 5.82 Å². The second kappa shape index (κ2) is 10.9. The third-order valence-electron chi connectivity index (χ3n) is 7.01. The molecule has 166 valence electrons. The average molecular weight is 420 g/mol. The maximum Gasteiger partial charge on any atom is 0.151 e. The van der Waals surface area contributed by atoms with E-state index in [-0.39, 0.29) is 11.8 Å². The number of pyridine rings is 1. The van der Waals surface area contributed by atoms with Gasteiger partial charge in [-0.2, -0.15) is 0 Å². The van der Waals surface area contributed by atoms with Crippen molar-refractivity contribution in [2.75, 3.05) is 25.0 Å². The Morgan fingerprint density at radius 2 is 1.90 bits per heavy atom. The van der Waals surface area contributed by atoms with Gasteiger partial charge >= 0.3 is 0 Å². The van der Waals surface area contributed by atoms with Gasteiger partial charge in [-0.3, -0.25) is 9.69 Å². The molecule has 4 rings (SSSR count). The van der Waals surface area contributed by atoms with Crippen molar-refractivity contribution in [3.63, 3.8) is 0 Å². The largest absolute Gasteiger partial charge is 0.370 e. The van der Waals surface area contributed by atoms with Crippen LogP contribution in [0.25, 0.3) is 0 Å². The van der Waals surface area contributed by atoms with Crippen LogP contribution in [0, 0.1) is 5.92 Å². The lowest BCUT2D eigenvalue weighted by atomic mass is 9.89. The Morgan fingerprint density at radius 3 is 2.68 bits per heavy atom. The molecule has 1 atom stereocenters. The minimum Gasteiger partial charge on any atom is -0.370 e. The number of Topliss-reactive ketones (excluding diaryl/α,β-unsaturated/α-hetero) is 1. The fourth-order valence-electron chi connectivity index (χ4n) is 5.26.